The second-order valence-corrected chi connectivity index (χ2v) is 11.0. The normalized spacial score (nSPS) is 15.3. The predicted molar refractivity (Wildman–Crippen MR) is 172 cm³/mol. The lowest BCUT2D eigenvalue weighted by molar-refractivity contribution is -0.146. The van der Waals surface area contributed by atoms with Gasteiger partial charge in [0.15, 0.2) is 11.5 Å². The second-order valence-electron chi connectivity index (χ2n) is 9.92. The van der Waals surface area contributed by atoms with Crippen LogP contribution in [0.25, 0.3) is 11.3 Å². The summed E-state index contributed by atoms with van der Waals surface area (Å²) in [5.74, 6) is -0.964. The van der Waals surface area contributed by atoms with Crippen LogP contribution in [-0.4, -0.2) is 83.4 Å². The lowest BCUT2D eigenvalue weighted by atomic mass is 10.1. The van der Waals surface area contributed by atoms with E-state index in [1.807, 2.05) is 57.3 Å². The first kappa shape index (κ1) is 34.7. The summed E-state index contributed by atoms with van der Waals surface area (Å²) in [5, 5.41) is 15.8. The highest BCUT2D eigenvalue weighted by atomic mass is 32.2. The number of anilines is 2. The van der Waals surface area contributed by atoms with Gasteiger partial charge in [-0.1, -0.05) is 38.1 Å². The van der Waals surface area contributed by atoms with Gasteiger partial charge in [-0.05, 0) is 51.0 Å². The van der Waals surface area contributed by atoms with Gasteiger partial charge in [0.2, 0.25) is 0 Å². The molecule has 3 heterocycles. The van der Waals surface area contributed by atoms with Crippen LogP contribution in [0.4, 0.5) is 11.5 Å². The Morgan fingerprint density at radius 2 is 1.77 bits per heavy atom. The number of nitrogens with zero attached hydrogens (tertiary/aromatic N) is 3. The fraction of sp³-hybridized carbons (Fsp3) is 0.419. The lowest BCUT2D eigenvalue weighted by Crippen LogP contribution is -2.47. The molecule has 5 N–H and O–H groups in total. The molecule has 2 aliphatic heterocycles. The maximum Gasteiger partial charge on any atom is 0.324 e. The van der Waals surface area contributed by atoms with Crippen molar-refractivity contribution in [1.29, 1.82) is 0 Å². The van der Waals surface area contributed by atoms with Crippen molar-refractivity contribution in [3.63, 3.8) is 0 Å². The van der Waals surface area contributed by atoms with Crippen LogP contribution in [0.1, 0.15) is 43.7 Å². The van der Waals surface area contributed by atoms with E-state index in [1.54, 1.807) is 24.2 Å². The third kappa shape index (κ3) is 9.13. The van der Waals surface area contributed by atoms with Gasteiger partial charge in [0.1, 0.15) is 17.9 Å². The van der Waals surface area contributed by atoms with E-state index in [-0.39, 0.29) is 18.1 Å². The number of aromatic nitrogens is 2. The number of carboxylic acid groups (broad SMARTS) is 1. The predicted octanol–water partition coefficient (Wildman–Crippen LogP) is 4.32. The van der Waals surface area contributed by atoms with Crippen LogP contribution < -0.4 is 21.1 Å². The number of nitrogens with two attached hydrogens (primary N) is 1. The molecule has 0 atom stereocenters. The van der Waals surface area contributed by atoms with Gasteiger partial charge in [0.05, 0.1) is 44.0 Å². The largest absolute Gasteiger partial charge is 0.489 e. The van der Waals surface area contributed by atoms with Gasteiger partial charge in [0, 0.05) is 29.1 Å². The quantitative estimate of drug-likeness (QED) is 0.240. The average molecular weight is 627 g/mol. The average Bonchev–Trinajstić information content (AvgIpc) is 3.01. The zero-order valence-corrected chi connectivity index (χ0v) is 26.7. The number of carbonyl (C=O) groups is 2. The van der Waals surface area contributed by atoms with Crippen molar-refractivity contribution in [1.82, 2.24) is 19.6 Å². The number of nitrogens with one attached hydrogen (secondary N) is 2. The molecule has 2 aliphatic rings. The summed E-state index contributed by atoms with van der Waals surface area (Å²) >= 11 is 1.32. The van der Waals surface area contributed by atoms with Crippen LogP contribution in [0.5, 0.6) is 5.75 Å². The van der Waals surface area contributed by atoms with E-state index in [4.69, 9.17) is 19.9 Å². The summed E-state index contributed by atoms with van der Waals surface area (Å²) in [6.45, 7) is 9.77. The maximum absolute atomic E-state index is 13.4. The van der Waals surface area contributed by atoms with Gasteiger partial charge in [-0.25, -0.2) is 14.3 Å². The van der Waals surface area contributed by atoms with Crippen LogP contribution >= 0.6 is 11.9 Å². The smallest absolute Gasteiger partial charge is 0.324 e. The van der Waals surface area contributed by atoms with Crippen molar-refractivity contribution < 1.29 is 28.9 Å². The molecule has 0 saturated heterocycles. The molecule has 0 fully saturated rings. The molecule has 44 heavy (non-hydrogen) atoms. The van der Waals surface area contributed by atoms with Crippen molar-refractivity contribution in [2.45, 2.75) is 44.7 Å². The summed E-state index contributed by atoms with van der Waals surface area (Å²) in [5.41, 5.74) is 7.41. The Bertz CT molecular complexity index is 1390. The number of rotatable bonds is 4. The van der Waals surface area contributed by atoms with Gasteiger partial charge in [-0.3, -0.25) is 9.59 Å². The Kier molecular flexibility index (Phi) is 13.4. The van der Waals surface area contributed by atoms with Crippen LogP contribution in [0.2, 0.25) is 0 Å². The zero-order valence-electron chi connectivity index (χ0n) is 25.9. The van der Waals surface area contributed by atoms with Gasteiger partial charge < -0.3 is 35.7 Å². The molecule has 238 valence electrons. The number of ether oxygens (including phenoxy) is 3. The molecule has 5 rings (SSSR count). The minimum atomic E-state index is -1.15. The summed E-state index contributed by atoms with van der Waals surface area (Å²) in [6, 6.07) is 12.9. The first-order valence-electron chi connectivity index (χ1n) is 14.5. The number of hydrogen-bond acceptors (Lipinski definition) is 11. The number of nitrogen functional groups attached to an aromatic ring is 1. The Balaban J connectivity index is 0.00000259. The monoisotopic (exact) mass is 626 g/mol. The van der Waals surface area contributed by atoms with Crippen molar-refractivity contribution >= 4 is 35.3 Å². The Morgan fingerprint density at radius 3 is 2.45 bits per heavy atom. The van der Waals surface area contributed by atoms with Gasteiger partial charge in [-0.2, -0.15) is 0 Å². The van der Waals surface area contributed by atoms with Crippen molar-refractivity contribution in [3.05, 3.63) is 59.9 Å². The summed E-state index contributed by atoms with van der Waals surface area (Å²) < 4.78 is 19.2. The first-order valence-corrected chi connectivity index (χ1v) is 15.3. The van der Waals surface area contributed by atoms with Crippen LogP contribution in [0, 0.1) is 0 Å². The molecule has 0 radical (unpaired) electrons. The molecule has 1 aromatic heterocycles. The fourth-order valence-corrected chi connectivity index (χ4v) is 5.09. The fourth-order valence-electron chi connectivity index (χ4n) is 4.10. The van der Waals surface area contributed by atoms with Gasteiger partial charge in [0.25, 0.3) is 5.91 Å². The number of benzene rings is 2. The van der Waals surface area contributed by atoms with Crippen molar-refractivity contribution in [2.24, 2.45) is 0 Å². The Morgan fingerprint density at radius 1 is 1.09 bits per heavy atom. The summed E-state index contributed by atoms with van der Waals surface area (Å²) in [7, 11) is 1.83. The molecule has 0 unspecified atom stereocenters. The van der Waals surface area contributed by atoms with Crippen molar-refractivity contribution in [3.8, 4) is 17.0 Å². The molecule has 1 amide bonds. The highest BCUT2D eigenvalue weighted by molar-refractivity contribution is 7.97. The minimum absolute atomic E-state index is 0.00565. The molecule has 0 spiro atoms. The van der Waals surface area contributed by atoms with Crippen LogP contribution in [0.15, 0.2) is 53.6 Å². The number of carboxylic acids is 1. The Hall–Kier alpha value is -3.75. The highest BCUT2D eigenvalue weighted by Crippen LogP contribution is 2.33. The lowest BCUT2D eigenvalue weighted by Gasteiger charge is -2.33. The highest BCUT2D eigenvalue weighted by Gasteiger charge is 2.35. The molecule has 4 bridgehead atoms. The molecular formula is C31H42N6O6S. The molecule has 12 nitrogen and oxygen atoms in total. The van der Waals surface area contributed by atoms with Gasteiger partial charge >= 0.3 is 5.97 Å². The van der Waals surface area contributed by atoms with Crippen LogP contribution in [-0.2, 0) is 20.8 Å². The van der Waals surface area contributed by atoms with Crippen LogP contribution in [0.3, 0.4) is 0 Å². The number of fused-ring (bicyclic) bond motifs is 13. The maximum atomic E-state index is 13.4. The first-order chi connectivity index (χ1) is 21.2. The molecular weight excluding hydrogens is 584 g/mol. The molecule has 0 aliphatic carbocycles. The standard InChI is InChI=1S/C29H36N6O6S.C2H6/c1-29(2,28(37)38)35-11-12-39-13-14-40-15-16-41-25-20(17-31-3)5-4-6-22(25)34-27(36)24-26(30)32-18-23(33-24)19-7-9-21(42-35)10-8-19;1-2/h4-10,18,31H,11-17H2,1-3H3,(H2,30,32)(H,34,36)(H,37,38);1-2H3. The van der Waals surface area contributed by atoms with E-state index in [0.717, 1.165) is 16.0 Å². The van der Waals surface area contributed by atoms with E-state index in [2.05, 4.69) is 20.6 Å². The molecule has 3 aromatic rings. The number of hydrogen-bond donors (Lipinski definition) is 4. The minimum Gasteiger partial charge on any atom is -0.489 e. The van der Waals surface area contributed by atoms with Crippen molar-refractivity contribution in [2.75, 3.05) is 57.7 Å². The second kappa shape index (κ2) is 16.9. The van der Waals surface area contributed by atoms with E-state index >= 15 is 0 Å². The third-order valence-corrected chi connectivity index (χ3v) is 7.87. The molecule has 13 heteroatoms. The van der Waals surface area contributed by atoms with E-state index < -0.39 is 17.4 Å². The number of para-hydroxylation sites is 1. The molecule has 0 saturated carbocycles. The SMILES string of the molecule is CC.CNCc1cccc2c1OCCOCCOCCN(C(C)(C)C(=O)O)Sc1ccc(cc1)-c1cnc(N)c(n1)C(=O)N2. The third-order valence-electron chi connectivity index (χ3n) is 6.53. The topological polar surface area (TPSA) is 161 Å². The number of carbonyl (C=O) groups excluding carboxylic acids is 1. The molecule has 2 aromatic carbocycles. The zero-order chi connectivity index (χ0) is 32.1. The van der Waals surface area contributed by atoms with E-state index in [0.29, 0.717) is 56.6 Å². The summed E-state index contributed by atoms with van der Waals surface area (Å²) in [4.78, 5) is 34.9. The summed E-state index contributed by atoms with van der Waals surface area (Å²) in [6.07, 6.45) is 1.51. The van der Waals surface area contributed by atoms with E-state index in [9.17, 15) is 14.7 Å². The number of aliphatic carboxylic acids is 1. The number of amides is 1. The van der Waals surface area contributed by atoms with Gasteiger partial charge in [-0.15, -0.1) is 0 Å². The van der Waals surface area contributed by atoms with E-state index in [1.165, 1.54) is 18.1 Å². The Labute approximate surface area is 262 Å².